The summed E-state index contributed by atoms with van der Waals surface area (Å²) >= 11 is 5.73. The maximum Gasteiger partial charge on any atom is 0.120 e. The van der Waals surface area contributed by atoms with Crippen LogP contribution in [-0.2, 0) is 0 Å². The lowest BCUT2D eigenvalue weighted by Crippen LogP contribution is -1.97. The van der Waals surface area contributed by atoms with Crippen LogP contribution in [-0.4, -0.2) is 11.9 Å². The van der Waals surface area contributed by atoms with Crippen molar-refractivity contribution < 1.29 is 4.74 Å². The molecule has 0 aliphatic rings. The standard InChI is InChI=1S/C12H16BrIO/c13-8-3-1-2-4-9-15-12-7-5-6-11(14)10-12/h5-7,10H,1-4,8-9H2. The number of unbranched alkanes of at least 4 members (excludes halogenated alkanes) is 3. The Balaban J connectivity index is 2.10. The van der Waals surface area contributed by atoms with Crippen LogP contribution in [0, 0.1) is 3.57 Å². The van der Waals surface area contributed by atoms with Gasteiger partial charge in [0.05, 0.1) is 6.61 Å². The molecule has 0 saturated heterocycles. The van der Waals surface area contributed by atoms with E-state index in [1.165, 1.54) is 22.8 Å². The molecule has 84 valence electrons. The van der Waals surface area contributed by atoms with Crippen molar-refractivity contribution in [3.63, 3.8) is 0 Å². The lowest BCUT2D eigenvalue weighted by atomic mass is 10.2. The summed E-state index contributed by atoms with van der Waals surface area (Å²) < 4.78 is 6.88. The van der Waals surface area contributed by atoms with Crippen molar-refractivity contribution in [3.8, 4) is 5.75 Å². The Hall–Kier alpha value is 0.230. The van der Waals surface area contributed by atoms with Gasteiger partial charge in [0.25, 0.3) is 0 Å². The zero-order valence-corrected chi connectivity index (χ0v) is 12.5. The van der Waals surface area contributed by atoms with Gasteiger partial charge in [0.15, 0.2) is 0 Å². The molecule has 0 spiro atoms. The van der Waals surface area contributed by atoms with Crippen molar-refractivity contribution in [2.75, 3.05) is 11.9 Å². The molecular formula is C12H16BrIO. The second-order valence-corrected chi connectivity index (χ2v) is 5.45. The quantitative estimate of drug-likeness (QED) is 0.379. The van der Waals surface area contributed by atoms with Crippen LogP contribution in [0.25, 0.3) is 0 Å². The molecular weight excluding hydrogens is 367 g/mol. The summed E-state index contributed by atoms with van der Waals surface area (Å²) in [6, 6.07) is 8.19. The molecule has 0 fully saturated rings. The van der Waals surface area contributed by atoms with E-state index in [2.05, 4.69) is 50.7 Å². The molecule has 0 amide bonds. The van der Waals surface area contributed by atoms with Crippen molar-refractivity contribution in [1.29, 1.82) is 0 Å². The SMILES string of the molecule is BrCCCCCCOc1cccc(I)c1. The minimum Gasteiger partial charge on any atom is -0.494 e. The predicted molar refractivity (Wildman–Crippen MR) is 76.9 cm³/mol. The molecule has 0 bridgehead atoms. The molecule has 0 atom stereocenters. The monoisotopic (exact) mass is 382 g/mol. The number of halogens is 2. The van der Waals surface area contributed by atoms with Crippen LogP contribution >= 0.6 is 38.5 Å². The molecule has 3 heteroatoms. The third kappa shape index (κ3) is 6.40. The first-order chi connectivity index (χ1) is 7.33. The molecule has 0 heterocycles. The van der Waals surface area contributed by atoms with Gasteiger partial charge in [0.2, 0.25) is 0 Å². The van der Waals surface area contributed by atoms with Crippen LogP contribution in [0.2, 0.25) is 0 Å². The van der Waals surface area contributed by atoms with Crippen molar-refractivity contribution in [2.24, 2.45) is 0 Å². The third-order valence-corrected chi connectivity index (χ3v) is 3.32. The Labute approximate surface area is 114 Å². The van der Waals surface area contributed by atoms with Gasteiger partial charge in [0.1, 0.15) is 5.75 Å². The van der Waals surface area contributed by atoms with E-state index >= 15 is 0 Å². The molecule has 0 unspecified atom stereocenters. The Morgan fingerprint density at radius 1 is 1.13 bits per heavy atom. The second-order valence-electron chi connectivity index (χ2n) is 3.41. The van der Waals surface area contributed by atoms with Crippen LogP contribution < -0.4 is 4.74 Å². The third-order valence-electron chi connectivity index (χ3n) is 2.09. The Kier molecular flexibility index (Phi) is 7.44. The highest BCUT2D eigenvalue weighted by Crippen LogP contribution is 2.15. The number of benzene rings is 1. The average Bonchev–Trinajstić information content (AvgIpc) is 2.23. The summed E-state index contributed by atoms with van der Waals surface area (Å²) in [5, 5.41) is 1.12. The molecule has 1 aromatic rings. The van der Waals surface area contributed by atoms with Crippen LogP contribution in [0.15, 0.2) is 24.3 Å². The first-order valence-corrected chi connectivity index (χ1v) is 7.47. The van der Waals surface area contributed by atoms with Gasteiger partial charge in [0, 0.05) is 8.90 Å². The molecule has 0 aliphatic heterocycles. The largest absolute Gasteiger partial charge is 0.494 e. The summed E-state index contributed by atoms with van der Waals surface area (Å²) in [4.78, 5) is 0. The smallest absolute Gasteiger partial charge is 0.120 e. The van der Waals surface area contributed by atoms with Crippen LogP contribution in [0.4, 0.5) is 0 Å². The van der Waals surface area contributed by atoms with Crippen molar-refractivity contribution in [3.05, 3.63) is 27.8 Å². The van der Waals surface area contributed by atoms with E-state index in [1.54, 1.807) is 0 Å². The van der Waals surface area contributed by atoms with Crippen LogP contribution in [0.5, 0.6) is 5.75 Å². The topological polar surface area (TPSA) is 9.23 Å². The van der Waals surface area contributed by atoms with Gasteiger partial charge >= 0.3 is 0 Å². The molecule has 1 nitrogen and oxygen atoms in total. The van der Waals surface area contributed by atoms with E-state index in [0.29, 0.717) is 0 Å². The van der Waals surface area contributed by atoms with Gasteiger partial charge in [-0.15, -0.1) is 0 Å². The number of hydrogen-bond acceptors (Lipinski definition) is 1. The average molecular weight is 383 g/mol. The highest BCUT2D eigenvalue weighted by molar-refractivity contribution is 14.1. The summed E-state index contributed by atoms with van der Waals surface area (Å²) in [5.41, 5.74) is 0. The number of rotatable bonds is 7. The van der Waals surface area contributed by atoms with Crippen molar-refractivity contribution in [2.45, 2.75) is 25.7 Å². The van der Waals surface area contributed by atoms with Gasteiger partial charge in [-0.3, -0.25) is 0 Å². The highest BCUT2D eigenvalue weighted by Gasteiger charge is 1.94. The fraction of sp³-hybridized carbons (Fsp3) is 0.500. The Morgan fingerprint density at radius 3 is 2.67 bits per heavy atom. The zero-order chi connectivity index (χ0) is 10.9. The van der Waals surface area contributed by atoms with Crippen molar-refractivity contribution in [1.82, 2.24) is 0 Å². The lowest BCUT2D eigenvalue weighted by Gasteiger charge is -2.05. The highest BCUT2D eigenvalue weighted by atomic mass is 127. The first-order valence-electron chi connectivity index (χ1n) is 5.27. The molecule has 1 aromatic carbocycles. The maximum atomic E-state index is 5.65. The maximum absolute atomic E-state index is 5.65. The minimum atomic E-state index is 0.836. The van der Waals surface area contributed by atoms with Crippen molar-refractivity contribution >= 4 is 38.5 Å². The fourth-order valence-electron chi connectivity index (χ4n) is 1.30. The molecule has 0 saturated carbocycles. The van der Waals surface area contributed by atoms with Gasteiger partial charge in [-0.05, 0) is 53.6 Å². The summed E-state index contributed by atoms with van der Waals surface area (Å²) in [6.07, 6.45) is 4.97. The number of hydrogen-bond donors (Lipinski definition) is 0. The predicted octanol–water partition coefficient (Wildman–Crippen LogP) is 4.63. The normalized spacial score (nSPS) is 10.3. The molecule has 15 heavy (non-hydrogen) atoms. The van der Waals surface area contributed by atoms with Gasteiger partial charge < -0.3 is 4.74 Å². The molecule has 1 rings (SSSR count). The van der Waals surface area contributed by atoms with E-state index < -0.39 is 0 Å². The Bertz CT molecular complexity index is 278. The van der Waals surface area contributed by atoms with E-state index in [9.17, 15) is 0 Å². The Morgan fingerprint density at radius 2 is 1.93 bits per heavy atom. The lowest BCUT2D eigenvalue weighted by molar-refractivity contribution is 0.305. The molecule has 0 aromatic heterocycles. The number of ether oxygens (including phenoxy) is 1. The second kappa shape index (κ2) is 8.39. The number of alkyl halides is 1. The van der Waals surface area contributed by atoms with E-state index in [-0.39, 0.29) is 0 Å². The zero-order valence-electron chi connectivity index (χ0n) is 8.72. The van der Waals surface area contributed by atoms with E-state index in [4.69, 9.17) is 4.74 Å². The molecule has 0 radical (unpaired) electrons. The fourth-order valence-corrected chi connectivity index (χ4v) is 2.21. The van der Waals surface area contributed by atoms with Crippen LogP contribution in [0.3, 0.4) is 0 Å². The summed E-state index contributed by atoms with van der Waals surface area (Å²) in [6.45, 7) is 0.836. The summed E-state index contributed by atoms with van der Waals surface area (Å²) in [7, 11) is 0. The first kappa shape index (κ1) is 13.3. The van der Waals surface area contributed by atoms with Gasteiger partial charge in [-0.1, -0.05) is 34.8 Å². The van der Waals surface area contributed by atoms with Gasteiger partial charge in [-0.25, -0.2) is 0 Å². The molecule has 0 aliphatic carbocycles. The molecule has 0 N–H and O–H groups in total. The van der Waals surface area contributed by atoms with E-state index in [0.717, 1.165) is 24.1 Å². The minimum absolute atomic E-state index is 0.836. The van der Waals surface area contributed by atoms with Crippen LogP contribution in [0.1, 0.15) is 25.7 Å². The summed E-state index contributed by atoms with van der Waals surface area (Å²) in [5.74, 6) is 0.988. The van der Waals surface area contributed by atoms with Gasteiger partial charge in [-0.2, -0.15) is 0 Å². The van der Waals surface area contributed by atoms with E-state index in [1.807, 2.05) is 12.1 Å².